The first-order valence-electron chi connectivity index (χ1n) is 10.6. The van der Waals surface area contributed by atoms with Crippen LogP contribution in [0.15, 0.2) is 10.6 Å². The predicted octanol–water partition coefficient (Wildman–Crippen LogP) is 3.92. The van der Waals surface area contributed by atoms with Crippen LogP contribution < -0.4 is 5.73 Å². The van der Waals surface area contributed by atoms with Crippen LogP contribution in [0.3, 0.4) is 0 Å². The fourth-order valence-corrected chi connectivity index (χ4v) is 5.05. The third-order valence-electron chi connectivity index (χ3n) is 6.66. The van der Waals surface area contributed by atoms with Crippen LogP contribution in [0.4, 0.5) is 0 Å². The third-order valence-corrected chi connectivity index (χ3v) is 6.66. The Balaban J connectivity index is 0.00000205. The number of hydrogen-bond donors (Lipinski definition) is 1. The molecule has 29 heavy (non-hydrogen) atoms. The summed E-state index contributed by atoms with van der Waals surface area (Å²) in [6.45, 7) is 8.10. The summed E-state index contributed by atoms with van der Waals surface area (Å²) < 4.78 is 5.61. The van der Waals surface area contributed by atoms with E-state index in [9.17, 15) is 4.79 Å². The van der Waals surface area contributed by atoms with E-state index in [0.29, 0.717) is 23.5 Å². The van der Waals surface area contributed by atoms with Crippen LogP contribution in [-0.4, -0.2) is 40.1 Å². The predicted molar refractivity (Wildman–Crippen MR) is 114 cm³/mol. The van der Waals surface area contributed by atoms with Gasteiger partial charge >= 0.3 is 0 Å². The van der Waals surface area contributed by atoms with Crippen molar-refractivity contribution in [3.05, 3.63) is 23.0 Å². The second-order valence-electron chi connectivity index (χ2n) is 10.3. The number of carbonyl (C=O) groups is 1. The molecule has 2 N–H and O–H groups in total. The lowest BCUT2D eigenvalue weighted by Crippen LogP contribution is -2.33. The molecule has 2 aromatic heterocycles. The van der Waals surface area contributed by atoms with E-state index >= 15 is 0 Å². The summed E-state index contributed by atoms with van der Waals surface area (Å²) in [7, 11) is 0. The molecule has 3 heterocycles. The van der Waals surface area contributed by atoms with Crippen LogP contribution in [0, 0.1) is 17.3 Å². The molecule has 0 aromatic carbocycles. The normalized spacial score (nSPS) is 26.6. The SMILES string of the molecule is CC(C)(C)Cc1noc2nc(C3CC3)cc(C(=O)N3CC4CCC(N)C4C3)c12.Cl. The van der Waals surface area contributed by atoms with Crippen molar-refractivity contribution < 1.29 is 9.32 Å². The lowest BCUT2D eigenvalue weighted by atomic mass is 9.89. The van der Waals surface area contributed by atoms with Crippen molar-refractivity contribution >= 4 is 29.4 Å². The summed E-state index contributed by atoms with van der Waals surface area (Å²) >= 11 is 0. The molecule has 2 saturated carbocycles. The average molecular weight is 419 g/mol. The molecule has 0 radical (unpaired) electrons. The molecule has 3 fully saturated rings. The van der Waals surface area contributed by atoms with Crippen LogP contribution in [0.25, 0.3) is 11.1 Å². The quantitative estimate of drug-likeness (QED) is 0.816. The number of nitrogens with zero attached hydrogens (tertiary/aromatic N) is 3. The molecular formula is C22H31ClN4O2. The molecular weight excluding hydrogens is 388 g/mol. The molecule has 1 saturated heterocycles. The average Bonchev–Trinajstić information content (AvgIpc) is 3.14. The van der Waals surface area contributed by atoms with Gasteiger partial charge in [0.05, 0.1) is 16.6 Å². The molecule has 3 aliphatic rings. The van der Waals surface area contributed by atoms with Crippen molar-refractivity contribution in [2.45, 2.75) is 64.8 Å². The van der Waals surface area contributed by atoms with E-state index in [1.165, 1.54) is 0 Å². The van der Waals surface area contributed by atoms with E-state index in [4.69, 9.17) is 15.2 Å². The fraction of sp³-hybridized carbons (Fsp3) is 0.682. The summed E-state index contributed by atoms with van der Waals surface area (Å²) in [5.41, 5.74) is 9.40. The molecule has 5 rings (SSSR count). The first-order chi connectivity index (χ1) is 13.3. The van der Waals surface area contributed by atoms with Gasteiger partial charge in [-0.05, 0) is 55.4 Å². The fourth-order valence-electron chi connectivity index (χ4n) is 5.05. The van der Waals surface area contributed by atoms with Gasteiger partial charge in [0.1, 0.15) is 0 Å². The molecule has 1 aliphatic heterocycles. The number of pyridine rings is 1. The number of nitrogens with two attached hydrogens (primary N) is 1. The summed E-state index contributed by atoms with van der Waals surface area (Å²) in [4.78, 5) is 20.3. The molecule has 3 unspecified atom stereocenters. The van der Waals surface area contributed by atoms with E-state index < -0.39 is 0 Å². The largest absolute Gasteiger partial charge is 0.338 e. The molecule has 1 amide bonds. The van der Waals surface area contributed by atoms with E-state index in [1.807, 2.05) is 11.0 Å². The van der Waals surface area contributed by atoms with Crippen molar-refractivity contribution in [2.75, 3.05) is 13.1 Å². The van der Waals surface area contributed by atoms with E-state index in [0.717, 1.165) is 67.5 Å². The van der Waals surface area contributed by atoms with Crippen molar-refractivity contribution in [3.8, 4) is 0 Å². The van der Waals surface area contributed by atoms with Crippen molar-refractivity contribution in [1.29, 1.82) is 0 Å². The van der Waals surface area contributed by atoms with Gasteiger partial charge in [-0.3, -0.25) is 4.79 Å². The first-order valence-corrected chi connectivity index (χ1v) is 10.6. The van der Waals surface area contributed by atoms with Gasteiger partial charge in [0.25, 0.3) is 11.6 Å². The third kappa shape index (κ3) is 3.77. The Hall–Kier alpha value is -1.66. The second kappa shape index (κ2) is 7.24. The number of rotatable bonds is 3. The van der Waals surface area contributed by atoms with Gasteiger partial charge in [0.2, 0.25) is 0 Å². The Labute approximate surface area is 178 Å². The Morgan fingerprint density at radius 2 is 2.00 bits per heavy atom. The minimum Gasteiger partial charge on any atom is -0.338 e. The lowest BCUT2D eigenvalue weighted by Gasteiger charge is -2.20. The summed E-state index contributed by atoms with van der Waals surface area (Å²) in [6.07, 6.45) is 5.25. The van der Waals surface area contributed by atoms with E-state index in [2.05, 4.69) is 25.9 Å². The Morgan fingerprint density at radius 1 is 1.24 bits per heavy atom. The van der Waals surface area contributed by atoms with Crippen LogP contribution in [-0.2, 0) is 6.42 Å². The van der Waals surface area contributed by atoms with Gasteiger partial charge in [-0.25, -0.2) is 4.98 Å². The maximum absolute atomic E-state index is 13.6. The molecule has 0 spiro atoms. The Bertz CT molecular complexity index is 931. The molecule has 7 heteroatoms. The first kappa shape index (κ1) is 20.6. The zero-order valence-electron chi connectivity index (χ0n) is 17.5. The highest BCUT2D eigenvalue weighted by molar-refractivity contribution is 6.06. The zero-order valence-corrected chi connectivity index (χ0v) is 18.3. The van der Waals surface area contributed by atoms with Crippen LogP contribution >= 0.6 is 12.4 Å². The molecule has 0 bridgehead atoms. The molecule has 2 aliphatic carbocycles. The second-order valence-corrected chi connectivity index (χ2v) is 10.3. The highest BCUT2D eigenvalue weighted by atomic mass is 35.5. The minimum atomic E-state index is 0. The van der Waals surface area contributed by atoms with Crippen LogP contribution in [0.2, 0.25) is 0 Å². The molecule has 2 aromatic rings. The summed E-state index contributed by atoms with van der Waals surface area (Å²) in [5.74, 6) is 1.55. The van der Waals surface area contributed by atoms with Crippen molar-refractivity contribution in [1.82, 2.24) is 15.0 Å². The van der Waals surface area contributed by atoms with Crippen molar-refractivity contribution in [3.63, 3.8) is 0 Å². The number of amides is 1. The highest BCUT2D eigenvalue weighted by Gasteiger charge is 2.43. The molecule has 6 nitrogen and oxygen atoms in total. The zero-order chi connectivity index (χ0) is 19.6. The highest BCUT2D eigenvalue weighted by Crippen LogP contribution is 2.42. The summed E-state index contributed by atoms with van der Waals surface area (Å²) in [6, 6.07) is 2.24. The molecule has 3 atom stereocenters. The van der Waals surface area contributed by atoms with Gasteiger partial charge in [-0.1, -0.05) is 25.9 Å². The number of halogens is 1. The Morgan fingerprint density at radius 3 is 2.66 bits per heavy atom. The number of aromatic nitrogens is 2. The molecule has 158 valence electrons. The minimum absolute atomic E-state index is 0. The number of fused-ring (bicyclic) bond motifs is 2. The number of carbonyl (C=O) groups excluding carboxylic acids is 1. The monoisotopic (exact) mass is 418 g/mol. The van der Waals surface area contributed by atoms with Crippen LogP contribution in [0.1, 0.15) is 74.1 Å². The van der Waals surface area contributed by atoms with Crippen molar-refractivity contribution in [2.24, 2.45) is 23.0 Å². The summed E-state index contributed by atoms with van der Waals surface area (Å²) in [5, 5.41) is 5.12. The standard InChI is InChI=1S/C22H30N4O2.ClH/c1-22(2,3)9-18-19-14(8-17(12-4-5-12)24-20(19)28-25-18)21(27)26-10-13-6-7-16(23)15(13)11-26;/h8,12-13,15-16H,4-7,9-11,23H2,1-3H3;1H. The van der Waals surface area contributed by atoms with E-state index in [1.54, 1.807) is 0 Å². The topological polar surface area (TPSA) is 85.2 Å². The maximum Gasteiger partial charge on any atom is 0.259 e. The Kier molecular flexibility index (Phi) is 5.14. The van der Waals surface area contributed by atoms with Crippen LogP contribution in [0.5, 0.6) is 0 Å². The smallest absolute Gasteiger partial charge is 0.259 e. The van der Waals surface area contributed by atoms with E-state index in [-0.39, 0.29) is 29.8 Å². The van der Waals surface area contributed by atoms with Gasteiger partial charge in [0.15, 0.2) is 0 Å². The lowest BCUT2D eigenvalue weighted by molar-refractivity contribution is 0.0781. The van der Waals surface area contributed by atoms with Gasteiger partial charge in [-0.15, -0.1) is 12.4 Å². The maximum atomic E-state index is 13.6. The van der Waals surface area contributed by atoms with Gasteiger partial charge < -0.3 is 15.2 Å². The van der Waals surface area contributed by atoms with Gasteiger partial charge in [-0.2, -0.15) is 0 Å². The van der Waals surface area contributed by atoms with Gasteiger partial charge in [0, 0.05) is 30.7 Å². The number of likely N-dealkylation sites (tertiary alicyclic amines) is 1. The number of hydrogen-bond acceptors (Lipinski definition) is 5.